The Labute approximate surface area is 384 Å². The molecule has 0 spiro atoms. The third-order valence-electron chi connectivity index (χ3n) is 15.0. The first-order chi connectivity index (χ1) is 31.3. The summed E-state index contributed by atoms with van der Waals surface area (Å²) in [4.78, 5) is 5.29. The van der Waals surface area contributed by atoms with E-state index in [1.54, 1.807) is 0 Å². The van der Waals surface area contributed by atoms with Crippen molar-refractivity contribution >= 4 is 23.5 Å². The molecule has 3 heteroatoms. The minimum Gasteiger partial charge on any atom is -0.455 e. The summed E-state index contributed by atoms with van der Waals surface area (Å²) in [6, 6.07) is 72.1. The summed E-state index contributed by atoms with van der Waals surface area (Å²) in [5.41, 5.74) is 19.5. The quantitative estimate of drug-likeness (QED) is 0.175. The van der Waals surface area contributed by atoms with Gasteiger partial charge in [0.05, 0.1) is 0 Å². The Bertz CT molecular complexity index is 3420. The SMILES string of the molecule is CC1(C)c2cccc(-c3cccc(-c4cccc5c4Sc4c(ccc6c4-c4ccccc4C6(C)c4ccccc4)S5)c3)c2Oc2c1ccc1c2-c2ccccc2C1(C)c1ccccc1. The minimum atomic E-state index is -0.305. The Morgan fingerprint density at radius 3 is 1.53 bits per heavy atom. The Balaban J connectivity index is 0.924. The smallest absolute Gasteiger partial charge is 0.139 e. The van der Waals surface area contributed by atoms with E-state index in [4.69, 9.17) is 4.74 Å². The fraction of sp³-hybridized carbons (Fsp3) is 0.115. The van der Waals surface area contributed by atoms with E-state index < -0.39 is 0 Å². The van der Waals surface area contributed by atoms with E-state index >= 15 is 0 Å². The molecule has 2 aliphatic heterocycles. The van der Waals surface area contributed by atoms with Crippen molar-refractivity contribution in [3.8, 4) is 56.0 Å². The number of para-hydroxylation sites is 1. The highest BCUT2D eigenvalue weighted by Crippen LogP contribution is 2.63. The molecule has 4 aliphatic rings. The lowest BCUT2D eigenvalue weighted by atomic mass is 9.71. The highest BCUT2D eigenvalue weighted by Gasteiger charge is 2.47. The van der Waals surface area contributed by atoms with Gasteiger partial charge in [-0.3, -0.25) is 0 Å². The molecule has 0 saturated carbocycles. The molecular weight excluding hydrogens is 813 g/mol. The molecule has 2 unspecified atom stereocenters. The van der Waals surface area contributed by atoms with Crippen molar-refractivity contribution in [2.75, 3.05) is 0 Å². The zero-order valence-electron chi connectivity index (χ0n) is 36.2. The predicted octanol–water partition coefficient (Wildman–Crippen LogP) is 16.7. The van der Waals surface area contributed by atoms with Crippen LogP contribution in [-0.4, -0.2) is 0 Å². The first-order valence-corrected chi connectivity index (χ1v) is 24.0. The van der Waals surface area contributed by atoms with Gasteiger partial charge < -0.3 is 4.74 Å². The summed E-state index contributed by atoms with van der Waals surface area (Å²) in [7, 11) is 0. The van der Waals surface area contributed by atoms with Gasteiger partial charge in [-0.2, -0.15) is 0 Å². The summed E-state index contributed by atoms with van der Waals surface area (Å²) >= 11 is 3.85. The van der Waals surface area contributed by atoms with Gasteiger partial charge in [-0.05, 0) is 93.2 Å². The van der Waals surface area contributed by atoms with Gasteiger partial charge in [0.25, 0.3) is 0 Å². The number of benzene rings is 9. The molecule has 306 valence electrons. The monoisotopic (exact) mass is 856 g/mol. The van der Waals surface area contributed by atoms with Gasteiger partial charge in [-0.15, -0.1) is 0 Å². The second kappa shape index (κ2) is 13.7. The van der Waals surface area contributed by atoms with E-state index in [1.807, 2.05) is 23.5 Å². The first kappa shape index (κ1) is 38.0. The number of hydrogen-bond acceptors (Lipinski definition) is 3. The van der Waals surface area contributed by atoms with E-state index in [0.29, 0.717) is 0 Å². The molecule has 2 atom stereocenters. The number of ether oxygens (including phenoxy) is 1. The molecule has 0 radical (unpaired) electrons. The Kier molecular flexibility index (Phi) is 8.15. The Morgan fingerprint density at radius 1 is 0.344 bits per heavy atom. The maximum absolute atomic E-state index is 7.42. The van der Waals surface area contributed by atoms with Crippen molar-refractivity contribution in [2.24, 2.45) is 0 Å². The summed E-state index contributed by atoms with van der Waals surface area (Å²) in [6.07, 6.45) is 0. The second-order valence-corrected chi connectivity index (χ2v) is 20.7. The van der Waals surface area contributed by atoms with Gasteiger partial charge in [0.15, 0.2) is 0 Å². The summed E-state index contributed by atoms with van der Waals surface area (Å²) in [5, 5.41) is 0. The summed E-state index contributed by atoms with van der Waals surface area (Å²) in [6.45, 7) is 9.50. The van der Waals surface area contributed by atoms with Gasteiger partial charge in [0.2, 0.25) is 0 Å². The molecule has 9 aromatic carbocycles. The van der Waals surface area contributed by atoms with E-state index in [9.17, 15) is 0 Å². The minimum absolute atomic E-state index is 0.238. The molecule has 0 fully saturated rings. The van der Waals surface area contributed by atoms with Crippen LogP contribution in [-0.2, 0) is 16.2 Å². The standard InChI is InChI=1S/C61H44OS2/c1-59(2)49-30-16-26-41(55(49)62-56-50(59)33-32-47-53(56)43-24-11-13-28-45(43)60(47,3)39-20-7-5-8-21-39)37-18-15-19-38(36-37)42-27-17-31-51-57(42)64-58-52(63-51)35-34-48-54(58)44-25-12-14-29-46(44)61(48,4)40-22-9-6-10-23-40/h5-36H,1-4H3. The zero-order chi connectivity index (χ0) is 43.0. The highest BCUT2D eigenvalue weighted by atomic mass is 32.2. The van der Waals surface area contributed by atoms with Crippen LogP contribution in [0.5, 0.6) is 11.5 Å². The van der Waals surface area contributed by atoms with Crippen molar-refractivity contribution < 1.29 is 4.74 Å². The summed E-state index contributed by atoms with van der Waals surface area (Å²) < 4.78 is 7.42. The maximum atomic E-state index is 7.42. The normalized spacial score (nSPS) is 18.9. The molecule has 0 saturated heterocycles. The zero-order valence-corrected chi connectivity index (χ0v) is 37.8. The van der Waals surface area contributed by atoms with Gasteiger partial charge in [-0.25, -0.2) is 0 Å². The molecule has 13 rings (SSSR count). The van der Waals surface area contributed by atoms with Crippen molar-refractivity contribution in [3.05, 3.63) is 239 Å². The molecule has 0 amide bonds. The van der Waals surface area contributed by atoms with Gasteiger partial charge in [0.1, 0.15) is 11.5 Å². The molecule has 2 heterocycles. The van der Waals surface area contributed by atoms with E-state index in [2.05, 4.69) is 222 Å². The lowest BCUT2D eigenvalue weighted by Crippen LogP contribution is -2.26. The molecule has 0 N–H and O–H groups in total. The second-order valence-electron chi connectivity index (χ2n) is 18.6. The van der Waals surface area contributed by atoms with Crippen LogP contribution in [0, 0.1) is 0 Å². The molecule has 1 nitrogen and oxygen atoms in total. The summed E-state index contributed by atoms with van der Waals surface area (Å²) in [5.74, 6) is 1.92. The van der Waals surface area contributed by atoms with Gasteiger partial charge >= 0.3 is 0 Å². The molecule has 64 heavy (non-hydrogen) atoms. The van der Waals surface area contributed by atoms with E-state index in [1.165, 1.54) is 97.5 Å². The molecule has 2 aliphatic carbocycles. The number of hydrogen-bond donors (Lipinski definition) is 0. The molecular formula is C61H44OS2. The van der Waals surface area contributed by atoms with Crippen LogP contribution in [0.2, 0.25) is 0 Å². The van der Waals surface area contributed by atoms with Crippen LogP contribution < -0.4 is 4.74 Å². The first-order valence-electron chi connectivity index (χ1n) is 22.3. The van der Waals surface area contributed by atoms with E-state index in [0.717, 1.165) is 22.6 Å². The number of rotatable bonds is 4. The maximum Gasteiger partial charge on any atom is 0.139 e. The Hall–Kier alpha value is -6.52. The third-order valence-corrected chi connectivity index (χ3v) is 17.6. The van der Waals surface area contributed by atoms with Crippen LogP contribution >= 0.6 is 23.5 Å². The van der Waals surface area contributed by atoms with Gasteiger partial charge in [-0.1, -0.05) is 213 Å². The highest BCUT2D eigenvalue weighted by molar-refractivity contribution is 8.05. The molecule has 0 aromatic heterocycles. The lowest BCUT2D eigenvalue weighted by Gasteiger charge is -2.37. The predicted molar refractivity (Wildman–Crippen MR) is 266 cm³/mol. The van der Waals surface area contributed by atoms with Crippen molar-refractivity contribution in [3.63, 3.8) is 0 Å². The van der Waals surface area contributed by atoms with Crippen molar-refractivity contribution in [1.82, 2.24) is 0 Å². The van der Waals surface area contributed by atoms with Crippen molar-refractivity contribution in [1.29, 1.82) is 0 Å². The van der Waals surface area contributed by atoms with Crippen LogP contribution in [0.4, 0.5) is 0 Å². The fourth-order valence-electron chi connectivity index (χ4n) is 11.6. The lowest BCUT2D eigenvalue weighted by molar-refractivity contribution is 0.420. The topological polar surface area (TPSA) is 9.23 Å². The average molecular weight is 857 g/mol. The fourth-order valence-corrected chi connectivity index (χ4v) is 14.2. The van der Waals surface area contributed by atoms with Crippen LogP contribution in [0.25, 0.3) is 44.5 Å². The van der Waals surface area contributed by atoms with Crippen LogP contribution in [0.15, 0.2) is 214 Å². The third kappa shape index (κ3) is 5.11. The van der Waals surface area contributed by atoms with Crippen molar-refractivity contribution in [2.45, 2.75) is 63.5 Å². The number of fused-ring (bicyclic) bond motifs is 12. The van der Waals surface area contributed by atoms with Crippen LogP contribution in [0.3, 0.4) is 0 Å². The van der Waals surface area contributed by atoms with Crippen LogP contribution in [0.1, 0.15) is 72.2 Å². The molecule has 9 aromatic rings. The molecule has 0 bridgehead atoms. The Morgan fingerprint density at radius 2 is 0.828 bits per heavy atom. The largest absolute Gasteiger partial charge is 0.455 e. The van der Waals surface area contributed by atoms with Gasteiger partial charge in [0, 0.05) is 63.6 Å². The van der Waals surface area contributed by atoms with E-state index in [-0.39, 0.29) is 16.2 Å². The average Bonchev–Trinajstić information content (AvgIpc) is 3.77.